The van der Waals surface area contributed by atoms with E-state index < -0.39 is 10.2 Å². The van der Waals surface area contributed by atoms with Gasteiger partial charge in [-0.15, -0.1) is 0 Å². The largest absolute Gasteiger partial charge is 0.380 e. The van der Waals surface area contributed by atoms with Crippen LogP contribution in [0.3, 0.4) is 0 Å². The van der Waals surface area contributed by atoms with Gasteiger partial charge in [-0.1, -0.05) is 0 Å². The Hall–Kier alpha value is -0.210. The van der Waals surface area contributed by atoms with Crippen LogP contribution in [-0.2, 0) is 14.9 Å². The lowest BCUT2D eigenvalue weighted by Gasteiger charge is -2.32. The lowest BCUT2D eigenvalue weighted by Crippen LogP contribution is -2.50. The maximum atomic E-state index is 12.1. The fourth-order valence-electron chi connectivity index (χ4n) is 2.09. The van der Waals surface area contributed by atoms with E-state index in [0.717, 1.165) is 12.8 Å². The topological polar surface area (TPSA) is 84.7 Å². The van der Waals surface area contributed by atoms with Crippen LogP contribution >= 0.6 is 0 Å². The zero-order valence-electron chi connectivity index (χ0n) is 11.3. The summed E-state index contributed by atoms with van der Waals surface area (Å²) in [6.45, 7) is 6.31. The highest BCUT2D eigenvalue weighted by atomic mass is 32.2. The van der Waals surface area contributed by atoms with Gasteiger partial charge in [0.15, 0.2) is 0 Å². The Morgan fingerprint density at radius 1 is 1.56 bits per heavy atom. The minimum atomic E-state index is -3.41. The van der Waals surface area contributed by atoms with Crippen LogP contribution in [0.15, 0.2) is 0 Å². The molecular weight excluding hydrogens is 254 g/mol. The summed E-state index contributed by atoms with van der Waals surface area (Å²) in [5.74, 6) is 0.275. The standard InChI is InChI=1S/C11H25N3O3S/c1-3-17-9-10(2)13-18(15,16)14-6-4-5-11(7-12)8-14/h10-11,13H,3-9,12H2,1-2H3. The van der Waals surface area contributed by atoms with Crippen LogP contribution in [0.4, 0.5) is 0 Å². The molecule has 1 fully saturated rings. The van der Waals surface area contributed by atoms with Crippen LogP contribution < -0.4 is 10.5 Å². The molecule has 0 bridgehead atoms. The smallest absolute Gasteiger partial charge is 0.279 e. The van der Waals surface area contributed by atoms with Crippen LogP contribution in [0.1, 0.15) is 26.7 Å². The van der Waals surface area contributed by atoms with Gasteiger partial charge in [0.05, 0.1) is 6.61 Å². The van der Waals surface area contributed by atoms with Crippen LogP contribution in [0.5, 0.6) is 0 Å². The monoisotopic (exact) mass is 279 g/mol. The molecule has 0 amide bonds. The number of hydrogen-bond acceptors (Lipinski definition) is 4. The van der Waals surface area contributed by atoms with E-state index in [1.54, 1.807) is 6.92 Å². The van der Waals surface area contributed by atoms with Crippen molar-refractivity contribution in [1.82, 2.24) is 9.03 Å². The van der Waals surface area contributed by atoms with Gasteiger partial charge in [0, 0.05) is 25.7 Å². The second-order valence-corrected chi connectivity index (χ2v) is 6.49. The van der Waals surface area contributed by atoms with E-state index in [1.165, 1.54) is 4.31 Å². The molecule has 2 unspecified atom stereocenters. The summed E-state index contributed by atoms with van der Waals surface area (Å²) in [6, 6.07) is -0.215. The van der Waals surface area contributed by atoms with Crippen molar-refractivity contribution in [1.29, 1.82) is 0 Å². The van der Waals surface area contributed by atoms with E-state index in [0.29, 0.717) is 32.8 Å². The zero-order chi connectivity index (χ0) is 13.6. The first-order valence-electron chi connectivity index (χ1n) is 6.54. The van der Waals surface area contributed by atoms with Gasteiger partial charge in [-0.05, 0) is 39.2 Å². The molecule has 0 spiro atoms. The average Bonchev–Trinajstić information content (AvgIpc) is 2.36. The lowest BCUT2D eigenvalue weighted by atomic mass is 10.0. The summed E-state index contributed by atoms with van der Waals surface area (Å²) < 4.78 is 33.6. The summed E-state index contributed by atoms with van der Waals surface area (Å²) >= 11 is 0. The maximum absolute atomic E-state index is 12.1. The van der Waals surface area contributed by atoms with Gasteiger partial charge in [0.1, 0.15) is 0 Å². The van der Waals surface area contributed by atoms with Gasteiger partial charge in [-0.3, -0.25) is 0 Å². The van der Waals surface area contributed by atoms with E-state index in [2.05, 4.69) is 4.72 Å². The predicted octanol–water partition coefficient (Wildman–Crippen LogP) is -0.0835. The number of nitrogens with one attached hydrogen (secondary N) is 1. The van der Waals surface area contributed by atoms with Crippen molar-refractivity contribution in [3.8, 4) is 0 Å². The molecule has 3 N–H and O–H groups in total. The molecule has 0 aromatic heterocycles. The number of hydrogen-bond donors (Lipinski definition) is 2. The summed E-state index contributed by atoms with van der Waals surface area (Å²) in [5, 5.41) is 0. The fourth-order valence-corrected chi connectivity index (χ4v) is 3.60. The Labute approximate surface area is 110 Å². The molecule has 1 rings (SSSR count). The number of nitrogens with zero attached hydrogens (tertiary/aromatic N) is 1. The van der Waals surface area contributed by atoms with E-state index in [-0.39, 0.29) is 12.0 Å². The summed E-state index contributed by atoms with van der Waals surface area (Å²) in [6.07, 6.45) is 1.89. The first kappa shape index (κ1) is 15.8. The quantitative estimate of drug-likeness (QED) is 0.682. The highest BCUT2D eigenvalue weighted by Gasteiger charge is 2.29. The van der Waals surface area contributed by atoms with Crippen molar-refractivity contribution >= 4 is 10.2 Å². The number of piperidine rings is 1. The highest BCUT2D eigenvalue weighted by molar-refractivity contribution is 7.87. The van der Waals surface area contributed by atoms with Crippen LogP contribution in [0.2, 0.25) is 0 Å². The Bertz CT molecular complexity index is 334. The number of nitrogens with two attached hydrogens (primary N) is 1. The Balaban J connectivity index is 2.51. The third-order valence-electron chi connectivity index (χ3n) is 3.08. The van der Waals surface area contributed by atoms with Gasteiger partial charge in [-0.25, -0.2) is 0 Å². The molecule has 0 aromatic carbocycles. The molecule has 1 aliphatic rings. The van der Waals surface area contributed by atoms with E-state index in [4.69, 9.17) is 10.5 Å². The Morgan fingerprint density at radius 3 is 2.89 bits per heavy atom. The van der Waals surface area contributed by atoms with E-state index in [9.17, 15) is 8.42 Å². The second-order valence-electron chi connectivity index (χ2n) is 4.79. The molecule has 18 heavy (non-hydrogen) atoms. The molecule has 0 aliphatic carbocycles. The summed E-state index contributed by atoms with van der Waals surface area (Å²) in [7, 11) is -3.41. The van der Waals surface area contributed by atoms with Crippen LogP contribution in [0.25, 0.3) is 0 Å². The van der Waals surface area contributed by atoms with Crippen molar-refractivity contribution < 1.29 is 13.2 Å². The number of ether oxygens (including phenoxy) is 1. The van der Waals surface area contributed by atoms with Crippen molar-refractivity contribution in [2.75, 3.05) is 32.8 Å². The molecule has 7 heteroatoms. The van der Waals surface area contributed by atoms with E-state index >= 15 is 0 Å². The molecule has 0 radical (unpaired) electrons. The van der Waals surface area contributed by atoms with Crippen molar-refractivity contribution in [3.63, 3.8) is 0 Å². The molecular formula is C11H25N3O3S. The Morgan fingerprint density at radius 2 is 2.28 bits per heavy atom. The molecule has 2 atom stereocenters. The maximum Gasteiger partial charge on any atom is 0.279 e. The van der Waals surface area contributed by atoms with Crippen LogP contribution in [0, 0.1) is 5.92 Å². The number of rotatable bonds is 7. The summed E-state index contributed by atoms with van der Waals surface area (Å²) in [5.41, 5.74) is 5.61. The zero-order valence-corrected chi connectivity index (χ0v) is 12.1. The first-order chi connectivity index (χ1) is 8.49. The van der Waals surface area contributed by atoms with Crippen molar-refractivity contribution in [2.45, 2.75) is 32.7 Å². The van der Waals surface area contributed by atoms with Crippen molar-refractivity contribution in [3.05, 3.63) is 0 Å². The molecule has 0 saturated carbocycles. The molecule has 6 nitrogen and oxygen atoms in total. The first-order valence-corrected chi connectivity index (χ1v) is 7.98. The van der Waals surface area contributed by atoms with Gasteiger partial charge >= 0.3 is 0 Å². The van der Waals surface area contributed by atoms with Gasteiger partial charge in [0.2, 0.25) is 0 Å². The van der Waals surface area contributed by atoms with Crippen molar-refractivity contribution in [2.24, 2.45) is 11.7 Å². The molecule has 0 aromatic rings. The molecule has 1 heterocycles. The van der Waals surface area contributed by atoms with Gasteiger partial charge < -0.3 is 10.5 Å². The minimum Gasteiger partial charge on any atom is -0.380 e. The lowest BCUT2D eigenvalue weighted by molar-refractivity contribution is 0.132. The Kier molecular flexibility index (Phi) is 6.51. The third kappa shape index (κ3) is 4.81. The SMILES string of the molecule is CCOCC(C)NS(=O)(=O)N1CCCC(CN)C1. The fraction of sp³-hybridized carbons (Fsp3) is 1.00. The normalized spacial score (nSPS) is 24.1. The van der Waals surface area contributed by atoms with Gasteiger partial charge in [0.25, 0.3) is 10.2 Å². The predicted molar refractivity (Wildman–Crippen MR) is 71.4 cm³/mol. The van der Waals surface area contributed by atoms with E-state index in [1.807, 2.05) is 6.92 Å². The molecule has 108 valence electrons. The molecule has 1 aliphatic heterocycles. The molecule has 1 saturated heterocycles. The van der Waals surface area contributed by atoms with Crippen LogP contribution in [-0.4, -0.2) is 51.6 Å². The summed E-state index contributed by atoms with van der Waals surface area (Å²) in [4.78, 5) is 0. The third-order valence-corrected chi connectivity index (χ3v) is 4.79. The van der Waals surface area contributed by atoms with Gasteiger partial charge in [-0.2, -0.15) is 17.4 Å². The second kappa shape index (κ2) is 7.40. The highest BCUT2D eigenvalue weighted by Crippen LogP contribution is 2.17. The minimum absolute atomic E-state index is 0.215. The average molecular weight is 279 g/mol.